The molecule has 0 aliphatic carbocycles. The van der Waals surface area contributed by atoms with E-state index < -0.39 is 40.5 Å². The van der Waals surface area contributed by atoms with Crippen molar-refractivity contribution < 1.29 is 32.3 Å². The fourth-order valence-electron chi connectivity index (χ4n) is 3.62. The lowest BCUT2D eigenvalue weighted by Crippen LogP contribution is -2.50. The molecule has 0 spiro atoms. The molecule has 0 radical (unpaired) electrons. The first-order chi connectivity index (χ1) is 15.6. The molecule has 1 amide bonds. The maximum Gasteiger partial charge on any atom is 0.341 e. The predicted octanol–water partition coefficient (Wildman–Crippen LogP) is 2.41. The average molecular weight is 495 g/mol. The van der Waals surface area contributed by atoms with Gasteiger partial charge in [0.25, 0.3) is 5.91 Å². The van der Waals surface area contributed by atoms with E-state index in [0.717, 1.165) is 20.3 Å². The number of hydrogen-bond acceptors (Lipinski definition) is 8. The summed E-state index contributed by atoms with van der Waals surface area (Å²) in [5.74, 6) is -2.18. The molecule has 0 fully saturated rings. The number of nitrogens with zero attached hydrogens (tertiary/aromatic N) is 1. The SMILES string of the molecule is CCS(=O)(=O)N1Cc2ccccc2C[C@@H]1C(=O)OCC(=O)Nc1sc(C)c(C)c1C(=O)OC. The maximum absolute atomic E-state index is 12.8. The number of rotatable bonds is 7. The first-order valence-electron chi connectivity index (χ1n) is 10.3. The van der Waals surface area contributed by atoms with Crippen LogP contribution in [0.4, 0.5) is 5.00 Å². The van der Waals surface area contributed by atoms with E-state index in [1.807, 2.05) is 31.2 Å². The van der Waals surface area contributed by atoms with Gasteiger partial charge in [-0.15, -0.1) is 11.3 Å². The number of methoxy groups -OCH3 is 1. The van der Waals surface area contributed by atoms with Crippen LogP contribution >= 0.6 is 11.3 Å². The molecule has 2 heterocycles. The first-order valence-corrected chi connectivity index (χ1v) is 12.7. The lowest BCUT2D eigenvalue weighted by molar-refractivity contribution is -0.151. The second kappa shape index (κ2) is 10.0. The van der Waals surface area contributed by atoms with E-state index >= 15 is 0 Å². The molecule has 0 saturated carbocycles. The summed E-state index contributed by atoms with van der Waals surface area (Å²) in [6, 6.07) is 6.24. The van der Waals surface area contributed by atoms with E-state index in [-0.39, 0.29) is 24.3 Å². The van der Waals surface area contributed by atoms with E-state index in [0.29, 0.717) is 10.6 Å². The smallest absolute Gasteiger partial charge is 0.341 e. The summed E-state index contributed by atoms with van der Waals surface area (Å²) in [6.07, 6.45) is 0.158. The van der Waals surface area contributed by atoms with Crippen LogP contribution in [0.1, 0.15) is 38.8 Å². The quantitative estimate of drug-likeness (QED) is 0.587. The van der Waals surface area contributed by atoms with Gasteiger partial charge in [0.05, 0.1) is 18.4 Å². The molecule has 0 saturated heterocycles. The third kappa shape index (κ3) is 5.26. The number of anilines is 1. The summed E-state index contributed by atoms with van der Waals surface area (Å²) in [4.78, 5) is 38.2. The largest absolute Gasteiger partial charge is 0.465 e. The Balaban J connectivity index is 1.72. The predicted molar refractivity (Wildman–Crippen MR) is 124 cm³/mol. The number of aryl methyl sites for hydroxylation is 1. The highest BCUT2D eigenvalue weighted by Crippen LogP contribution is 2.33. The van der Waals surface area contributed by atoms with Gasteiger partial charge in [-0.1, -0.05) is 24.3 Å². The molecule has 3 rings (SSSR count). The molecule has 1 aliphatic rings. The third-order valence-corrected chi connectivity index (χ3v) is 8.52. The Hall–Kier alpha value is -2.76. The van der Waals surface area contributed by atoms with Crippen LogP contribution < -0.4 is 5.32 Å². The topological polar surface area (TPSA) is 119 Å². The van der Waals surface area contributed by atoms with Crippen LogP contribution in [0.15, 0.2) is 24.3 Å². The number of benzene rings is 1. The molecule has 178 valence electrons. The van der Waals surface area contributed by atoms with Crippen LogP contribution in [0.3, 0.4) is 0 Å². The van der Waals surface area contributed by atoms with Crippen molar-refractivity contribution in [2.45, 2.75) is 39.8 Å². The molecule has 1 aliphatic heterocycles. The molecular formula is C22H26N2O7S2. The average Bonchev–Trinajstić information content (AvgIpc) is 3.08. The molecule has 2 aromatic rings. The van der Waals surface area contributed by atoms with Crippen molar-refractivity contribution >= 4 is 44.2 Å². The van der Waals surface area contributed by atoms with E-state index in [1.165, 1.54) is 25.4 Å². The monoisotopic (exact) mass is 494 g/mol. The highest BCUT2D eigenvalue weighted by molar-refractivity contribution is 7.89. The minimum atomic E-state index is -3.68. The van der Waals surface area contributed by atoms with Crippen molar-refractivity contribution in [1.29, 1.82) is 0 Å². The number of carbonyl (C=O) groups is 3. The Morgan fingerprint density at radius 3 is 2.48 bits per heavy atom. The Morgan fingerprint density at radius 1 is 1.18 bits per heavy atom. The van der Waals surface area contributed by atoms with Crippen LogP contribution in [-0.2, 0) is 42.1 Å². The molecule has 1 aromatic heterocycles. The molecule has 11 heteroatoms. The summed E-state index contributed by atoms with van der Waals surface area (Å²) in [5.41, 5.74) is 2.64. The zero-order chi connectivity index (χ0) is 24.3. The molecule has 1 N–H and O–H groups in total. The molecular weight excluding hydrogens is 468 g/mol. The van der Waals surface area contributed by atoms with Gasteiger partial charge in [0.2, 0.25) is 10.0 Å². The number of nitrogens with one attached hydrogen (secondary N) is 1. The highest BCUT2D eigenvalue weighted by Gasteiger charge is 2.39. The number of thiophene rings is 1. The van der Waals surface area contributed by atoms with Gasteiger partial charge in [0, 0.05) is 17.8 Å². The second-order valence-corrected chi connectivity index (χ2v) is 11.0. The number of sulfonamides is 1. The van der Waals surface area contributed by atoms with E-state index in [4.69, 9.17) is 9.47 Å². The van der Waals surface area contributed by atoms with Crippen molar-refractivity contribution in [3.8, 4) is 0 Å². The van der Waals surface area contributed by atoms with Crippen LogP contribution in [0, 0.1) is 13.8 Å². The number of hydrogen-bond donors (Lipinski definition) is 1. The molecule has 0 bridgehead atoms. The number of carbonyl (C=O) groups excluding carboxylic acids is 3. The number of esters is 2. The fourth-order valence-corrected chi connectivity index (χ4v) is 5.90. The number of amides is 1. The highest BCUT2D eigenvalue weighted by atomic mass is 32.2. The van der Waals surface area contributed by atoms with Crippen molar-refractivity contribution in [1.82, 2.24) is 4.31 Å². The zero-order valence-corrected chi connectivity index (χ0v) is 20.5. The van der Waals surface area contributed by atoms with Crippen LogP contribution in [0.2, 0.25) is 0 Å². The minimum absolute atomic E-state index is 0.0640. The van der Waals surface area contributed by atoms with E-state index in [9.17, 15) is 22.8 Å². The molecule has 0 unspecified atom stereocenters. The summed E-state index contributed by atoms with van der Waals surface area (Å²) in [6.45, 7) is 4.51. The molecule has 9 nitrogen and oxygen atoms in total. The minimum Gasteiger partial charge on any atom is -0.465 e. The van der Waals surface area contributed by atoms with Crippen molar-refractivity contribution in [3.63, 3.8) is 0 Å². The van der Waals surface area contributed by atoms with Gasteiger partial charge in [-0.2, -0.15) is 4.31 Å². The van der Waals surface area contributed by atoms with Gasteiger partial charge in [-0.05, 0) is 37.5 Å². The molecule has 33 heavy (non-hydrogen) atoms. The number of ether oxygens (including phenoxy) is 2. The Morgan fingerprint density at radius 2 is 1.85 bits per heavy atom. The van der Waals surface area contributed by atoms with E-state index in [1.54, 1.807) is 6.92 Å². The van der Waals surface area contributed by atoms with Crippen LogP contribution in [0.25, 0.3) is 0 Å². The van der Waals surface area contributed by atoms with E-state index in [2.05, 4.69) is 5.32 Å². The number of fused-ring (bicyclic) bond motifs is 1. The Kier molecular flexibility index (Phi) is 7.55. The standard InChI is InChI=1S/C22H26N2O7S2/c1-5-33(28,29)24-11-16-9-7-6-8-15(16)10-17(24)21(26)31-12-18(25)23-20-19(22(27)30-4)13(2)14(3)32-20/h6-9,17H,5,10-12H2,1-4H3,(H,23,25)/t17-/m1/s1. The first kappa shape index (κ1) is 24.9. The second-order valence-electron chi connectivity index (χ2n) is 7.57. The van der Waals surface area contributed by atoms with Crippen LogP contribution in [0.5, 0.6) is 0 Å². The fraction of sp³-hybridized carbons (Fsp3) is 0.409. The maximum atomic E-state index is 12.8. The lowest BCUT2D eigenvalue weighted by Gasteiger charge is -2.34. The summed E-state index contributed by atoms with van der Waals surface area (Å²) >= 11 is 1.21. The van der Waals surface area contributed by atoms with Crippen molar-refractivity contribution in [3.05, 3.63) is 51.4 Å². The summed E-state index contributed by atoms with van der Waals surface area (Å²) < 4.78 is 36.4. The molecule has 1 atom stereocenters. The normalized spacial score (nSPS) is 16.1. The summed E-state index contributed by atoms with van der Waals surface area (Å²) in [7, 11) is -2.43. The van der Waals surface area contributed by atoms with Crippen molar-refractivity contribution in [2.75, 3.05) is 24.8 Å². The molecule has 1 aromatic carbocycles. The van der Waals surface area contributed by atoms with Crippen molar-refractivity contribution in [2.24, 2.45) is 0 Å². The Bertz CT molecular complexity index is 1190. The van der Waals surface area contributed by atoms with Gasteiger partial charge in [-0.3, -0.25) is 9.59 Å². The van der Waals surface area contributed by atoms with Gasteiger partial charge in [0.1, 0.15) is 11.0 Å². The van der Waals surface area contributed by atoms with Gasteiger partial charge < -0.3 is 14.8 Å². The third-order valence-electron chi connectivity index (χ3n) is 5.57. The van der Waals surface area contributed by atoms with Crippen LogP contribution in [-0.4, -0.2) is 56.1 Å². The van der Waals surface area contributed by atoms with Gasteiger partial charge in [-0.25, -0.2) is 13.2 Å². The lowest BCUT2D eigenvalue weighted by atomic mass is 9.96. The zero-order valence-electron chi connectivity index (χ0n) is 18.8. The summed E-state index contributed by atoms with van der Waals surface area (Å²) in [5, 5.41) is 2.89. The Labute approximate surface area is 196 Å². The van der Waals surface area contributed by atoms with Gasteiger partial charge >= 0.3 is 11.9 Å². The van der Waals surface area contributed by atoms with Gasteiger partial charge in [0.15, 0.2) is 6.61 Å².